The summed E-state index contributed by atoms with van der Waals surface area (Å²) in [6, 6.07) is 5.06. The van der Waals surface area contributed by atoms with Crippen molar-refractivity contribution in [3.63, 3.8) is 0 Å². The Morgan fingerprint density at radius 1 is 1.33 bits per heavy atom. The molecule has 1 aromatic rings. The minimum atomic E-state index is 0.844. The van der Waals surface area contributed by atoms with E-state index in [0.29, 0.717) is 0 Å². The smallest absolute Gasteiger partial charge is 0.0312 e. The molecule has 1 saturated carbocycles. The molecule has 18 heavy (non-hydrogen) atoms. The van der Waals surface area contributed by atoms with Gasteiger partial charge in [-0.15, -0.1) is 0 Å². The third-order valence-electron chi connectivity index (χ3n) is 4.00. The number of nitrogens with zero attached hydrogens (tertiary/aromatic N) is 2. The minimum Gasteiger partial charge on any atom is -0.314 e. The maximum absolute atomic E-state index is 4.20. The van der Waals surface area contributed by atoms with Gasteiger partial charge in [0.25, 0.3) is 0 Å². The Kier molecular flexibility index (Phi) is 3.91. The highest BCUT2D eigenvalue weighted by molar-refractivity contribution is 5.08. The fourth-order valence-electron chi connectivity index (χ4n) is 2.83. The predicted octanol–water partition coefficient (Wildman–Crippen LogP) is 2.05. The van der Waals surface area contributed by atoms with E-state index in [1.54, 1.807) is 0 Å². The summed E-state index contributed by atoms with van der Waals surface area (Å²) in [5.74, 6) is 0.844. The van der Waals surface area contributed by atoms with E-state index in [9.17, 15) is 0 Å². The van der Waals surface area contributed by atoms with E-state index in [4.69, 9.17) is 0 Å². The number of hydrogen-bond donors (Lipinski definition) is 1. The lowest BCUT2D eigenvalue weighted by atomic mass is 9.97. The number of aromatic nitrogens is 1. The summed E-state index contributed by atoms with van der Waals surface area (Å²) in [5, 5.41) is 3.67. The van der Waals surface area contributed by atoms with Crippen LogP contribution < -0.4 is 5.32 Å². The lowest BCUT2D eigenvalue weighted by molar-refractivity contribution is 0.165. The second-order valence-electron chi connectivity index (χ2n) is 5.79. The van der Waals surface area contributed by atoms with E-state index in [2.05, 4.69) is 21.3 Å². The fraction of sp³-hybridized carbons (Fsp3) is 0.667. The number of nitrogens with one attached hydrogen (secondary N) is 1. The zero-order chi connectivity index (χ0) is 12.2. The van der Waals surface area contributed by atoms with E-state index in [0.717, 1.165) is 18.5 Å². The molecule has 3 rings (SSSR count). The molecule has 1 unspecified atom stereocenters. The Morgan fingerprint density at radius 3 is 3.06 bits per heavy atom. The van der Waals surface area contributed by atoms with Crippen LogP contribution in [0.2, 0.25) is 0 Å². The van der Waals surface area contributed by atoms with Crippen molar-refractivity contribution in [1.82, 2.24) is 15.2 Å². The van der Waals surface area contributed by atoms with Crippen molar-refractivity contribution in [2.75, 3.05) is 19.6 Å². The Morgan fingerprint density at radius 2 is 2.28 bits per heavy atom. The van der Waals surface area contributed by atoms with Crippen LogP contribution in [0, 0.1) is 5.92 Å². The highest BCUT2D eigenvalue weighted by Gasteiger charge is 2.24. The summed E-state index contributed by atoms with van der Waals surface area (Å²) in [7, 11) is 0. The summed E-state index contributed by atoms with van der Waals surface area (Å²) in [6.07, 6.45) is 9.37. The first-order chi connectivity index (χ1) is 8.90. The molecule has 2 aliphatic rings. The van der Waals surface area contributed by atoms with Crippen molar-refractivity contribution in [1.29, 1.82) is 0 Å². The first-order valence-electron chi connectivity index (χ1n) is 7.25. The normalized spacial score (nSPS) is 25.2. The fourth-order valence-corrected chi connectivity index (χ4v) is 2.83. The lowest BCUT2D eigenvalue weighted by Crippen LogP contribution is -2.39. The Balaban J connectivity index is 1.47. The summed E-state index contributed by atoms with van der Waals surface area (Å²) in [5.41, 5.74) is 1.34. The molecule has 1 N–H and O–H groups in total. The van der Waals surface area contributed by atoms with Crippen molar-refractivity contribution in [2.24, 2.45) is 5.92 Å². The number of rotatable bonds is 5. The molecule has 0 spiro atoms. The first-order valence-corrected chi connectivity index (χ1v) is 7.25. The van der Waals surface area contributed by atoms with E-state index in [1.165, 1.54) is 50.9 Å². The van der Waals surface area contributed by atoms with Gasteiger partial charge in [0.15, 0.2) is 0 Å². The zero-order valence-electron chi connectivity index (χ0n) is 11.0. The average Bonchev–Trinajstić information content (AvgIpc) is 3.22. The highest BCUT2D eigenvalue weighted by Crippen LogP contribution is 2.22. The van der Waals surface area contributed by atoms with Crippen LogP contribution in [0.3, 0.4) is 0 Å². The van der Waals surface area contributed by atoms with Gasteiger partial charge >= 0.3 is 0 Å². The molecule has 98 valence electrons. The highest BCUT2D eigenvalue weighted by atomic mass is 15.1. The SMILES string of the molecule is c1cncc(CN2CCCC(CNC3CC3)C2)c1. The second kappa shape index (κ2) is 5.81. The van der Waals surface area contributed by atoms with Crippen LogP contribution in [0.1, 0.15) is 31.2 Å². The number of pyridine rings is 1. The van der Waals surface area contributed by atoms with Gasteiger partial charge in [-0.05, 0) is 56.3 Å². The number of piperidine rings is 1. The van der Waals surface area contributed by atoms with Crippen LogP contribution in [0.25, 0.3) is 0 Å². The van der Waals surface area contributed by atoms with Gasteiger partial charge in [0.05, 0.1) is 0 Å². The zero-order valence-corrected chi connectivity index (χ0v) is 11.0. The second-order valence-corrected chi connectivity index (χ2v) is 5.79. The Hall–Kier alpha value is -0.930. The third kappa shape index (κ3) is 3.53. The van der Waals surface area contributed by atoms with Gasteiger partial charge in [0.2, 0.25) is 0 Å². The molecular weight excluding hydrogens is 222 g/mol. The van der Waals surface area contributed by atoms with Crippen molar-refractivity contribution in [2.45, 2.75) is 38.3 Å². The molecule has 1 saturated heterocycles. The van der Waals surface area contributed by atoms with Gasteiger partial charge in [-0.1, -0.05) is 6.07 Å². The van der Waals surface area contributed by atoms with E-state index in [-0.39, 0.29) is 0 Å². The maximum Gasteiger partial charge on any atom is 0.0312 e. The van der Waals surface area contributed by atoms with Crippen LogP contribution >= 0.6 is 0 Å². The van der Waals surface area contributed by atoms with Crippen LogP contribution in [0.4, 0.5) is 0 Å². The quantitative estimate of drug-likeness (QED) is 0.860. The summed E-state index contributed by atoms with van der Waals surface area (Å²) >= 11 is 0. The third-order valence-corrected chi connectivity index (χ3v) is 4.00. The Labute approximate surface area is 110 Å². The molecule has 2 heterocycles. The average molecular weight is 245 g/mol. The predicted molar refractivity (Wildman–Crippen MR) is 73.3 cm³/mol. The molecule has 0 bridgehead atoms. The molecule has 1 aromatic heterocycles. The summed E-state index contributed by atoms with van der Waals surface area (Å²) in [4.78, 5) is 6.78. The monoisotopic (exact) mass is 245 g/mol. The van der Waals surface area contributed by atoms with Crippen LogP contribution in [0.5, 0.6) is 0 Å². The van der Waals surface area contributed by atoms with Crippen LogP contribution in [-0.2, 0) is 6.54 Å². The first kappa shape index (κ1) is 12.1. The molecule has 1 atom stereocenters. The largest absolute Gasteiger partial charge is 0.314 e. The minimum absolute atomic E-state index is 0.844. The topological polar surface area (TPSA) is 28.2 Å². The van der Waals surface area contributed by atoms with Gasteiger partial charge in [-0.3, -0.25) is 9.88 Å². The van der Waals surface area contributed by atoms with E-state index < -0.39 is 0 Å². The van der Waals surface area contributed by atoms with E-state index >= 15 is 0 Å². The lowest BCUT2D eigenvalue weighted by Gasteiger charge is -2.32. The molecular formula is C15H23N3. The number of likely N-dealkylation sites (tertiary alicyclic amines) is 1. The van der Waals surface area contributed by atoms with Gasteiger partial charge in [-0.2, -0.15) is 0 Å². The molecule has 1 aliphatic carbocycles. The van der Waals surface area contributed by atoms with Crippen molar-refractivity contribution >= 4 is 0 Å². The molecule has 3 heteroatoms. The molecule has 1 aliphatic heterocycles. The van der Waals surface area contributed by atoms with E-state index in [1.807, 2.05) is 18.5 Å². The molecule has 0 amide bonds. The molecule has 0 aromatic carbocycles. The van der Waals surface area contributed by atoms with Gasteiger partial charge < -0.3 is 5.32 Å². The summed E-state index contributed by atoms with van der Waals surface area (Å²) in [6.45, 7) is 4.77. The van der Waals surface area contributed by atoms with Crippen LogP contribution in [0.15, 0.2) is 24.5 Å². The van der Waals surface area contributed by atoms with Gasteiger partial charge in [0.1, 0.15) is 0 Å². The Bertz CT molecular complexity index is 361. The summed E-state index contributed by atoms with van der Waals surface area (Å²) < 4.78 is 0. The standard InChI is InChI=1S/C15H23N3/c1-3-13(9-16-7-1)11-18-8-2-4-14(12-18)10-17-15-5-6-15/h1,3,7,9,14-15,17H,2,4-6,8,10-12H2. The number of hydrogen-bond acceptors (Lipinski definition) is 3. The molecule has 2 fully saturated rings. The molecule has 0 radical (unpaired) electrons. The van der Waals surface area contributed by atoms with Crippen molar-refractivity contribution < 1.29 is 0 Å². The maximum atomic E-state index is 4.20. The van der Waals surface area contributed by atoms with Crippen molar-refractivity contribution in [3.05, 3.63) is 30.1 Å². The van der Waals surface area contributed by atoms with Gasteiger partial charge in [0, 0.05) is 31.5 Å². The van der Waals surface area contributed by atoms with Crippen molar-refractivity contribution in [3.8, 4) is 0 Å². The van der Waals surface area contributed by atoms with Crippen LogP contribution in [-0.4, -0.2) is 35.6 Å². The van der Waals surface area contributed by atoms with Gasteiger partial charge in [-0.25, -0.2) is 0 Å². The molecule has 3 nitrogen and oxygen atoms in total.